The van der Waals surface area contributed by atoms with Crippen LogP contribution in [0.25, 0.3) is 0 Å². The highest BCUT2D eigenvalue weighted by molar-refractivity contribution is 5.69. The van der Waals surface area contributed by atoms with Crippen LogP contribution in [-0.2, 0) is 0 Å². The Morgan fingerprint density at radius 3 is 2.67 bits per heavy atom. The molecule has 4 heteroatoms. The molecule has 0 unspecified atom stereocenters. The van der Waals surface area contributed by atoms with Gasteiger partial charge in [-0.15, -0.1) is 0 Å². The lowest BCUT2D eigenvalue weighted by molar-refractivity contribution is 0.301. The van der Waals surface area contributed by atoms with Crippen LogP contribution >= 0.6 is 0 Å². The first-order valence-corrected chi connectivity index (χ1v) is 8.04. The zero-order chi connectivity index (χ0) is 15.2. The summed E-state index contributed by atoms with van der Waals surface area (Å²) in [6.07, 6.45) is 7.42. The molecule has 0 saturated heterocycles. The molecule has 1 aromatic carbocycles. The van der Waals surface area contributed by atoms with Crippen LogP contribution in [-0.4, -0.2) is 20.2 Å². The molecule has 0 amide bonds. The third-order valence-electron chi connectivity index (χ3n) is 4.21. The monoisotopic (exact) mass is 294 g/mol. The van der Waals surface area contributed by atoms with Gasteiger partial charge in [-0.25, -0.2) is 4.39 Å². The molecule has 2 rings (SSSR count). The minimum Gasteiger partial charge on any atom is -0.490 e. The Labute approximate surface area is 127 Å². The molecular formula is C17H27FN2O. The van der Waals surface area contributed by atoms with Gasteiger partial charge in [0.05, 0.1) is 18.0 Å². The van der Waals surface area contributed by atoms with E-state index < -0.39 is 0 Å². The van der Waals surface area contributed by atoms with Crippen molar-refractivity contribution >= 4 is 11.4 Å². The van der Waals surface area contributed by atoms with E-state index in [-0.39, 0.29) is 5.82 Å². The summed E-state index contributed by atoms with van der Waals surface area (Å²) < 4.78 is 19.3. The van der Waals surface area contributed by atoms with Crippen molar-refractivity contribution in [3.8, 4) is 5.75 Å². The number of benzene rings is 1. The minimum atomic E-state index is -0.379. The van der Waals surface area contributed by atoms with Crippen molar-refractivity contribution in [2.24, 2.45) is 5.92 Å². The van der Waals surface area contributed by atoms with Gasteiger partial charge in [0, 0.05) is 25.7 Å². The summed E-state index contributed by atoms with van der Waals surface area (Å²) in [5.41, 5.74) is 7.34. The second-order valence-electron chi connectivity index (χ2n) is 6.07. The fraction of sp³-hybridized carbons (Fsp3) is 0.647. The van der Waals surface area contributed by atoms with Crippen molar-refractivity contribution in [2.75, 3.05) is 30.8 Å². The van der Waals surface area contributed by atoms with E-state index in [1.807, 2.05) is 14.0 Å². The second kappa shape index (κ2) is 7.53. The number of hydrogen-bond donors (Lipinski definition) is 1. The van der Waals surface area contributed by atoms with Crippen molar-refractivity contribution in [1.82, 2.24) is 0 Å². The zero-order valence-corrected chi connectivity index (χ0v) is 13.2. The topological polar surface area (TPSA) is 38.5 Å². The molecule has 21 heavy (non-hydrogen) atoms. The normalized spacial score (nSPS) is 16.0. The zero-order valence-electron chi connectivity index (χ0n) is 13.2. The summed E-state index contributed by atoms with van der Waals surface area (Å²) in [5.74, 6) is 0.639. The number of nitrogens with zero attached hydrogens (tertiary/aromatic N) is 1. The highest BCUT2D eigenvalue weighted by Crippen LogP contribution is 2.32. The Morgan fingerprint density at radius 2 is 2.00 bits per heavy atom. The van der Waals surface area contributed by atoms with Gasteiger partial charge in [-0.05, 0) is 25.2 Å². The number of anilines is 2. The standard InChI is InChI=1S/C17H27FN2O/c1-3-9-21-17-11-16(15(19)10-14(17)18)20(2)12-13-7-5-4-6-8-13/h10-11,13H,3-9,12,19H2,1-2H3. The first-order chi connectivity index (χ1) is 10.1. The maximum atomic E-state index is 13.9. The molecule has 0 aromatic heterocycles. The van der Waals surface area contributed by atoms with Crippen molar-refractivity contribution in [3.63, 3.8) is 0 Å². The Balaban J connectivity index is 2.09. The van der Waals surface area contributed by atoms with Crippen LogP contribution in [0.5, 0.6) is 5.75 Å². The SMILES string of the molecule is CCCOc1cc(N(C)CC2CCCCC2)c(N)cc1F. The number of nitrogen functional groups attached to an aromatic ring is 1. The molecule has 0 atom stereocenters. The highest BCUT2D eigenvalue weighted by Gasteiger charge is 2.18. The highest BCUT2D eigenvalue weighted by atomic mass is 19.1. The van der Waals surface area contributed by atoms with Crippen LogP contribution in [0.15, 0.2) is 12.1 Å². The summed E-state index contributed by atoms with van der Waals surface area (Å²) in [6.45, 7) is 3.50. The van der Waals surface area contributed by atoms with Gasteiger partial charge in [-0.2, -0.15) is 0 Å². The van der Waals surface area contributed by atoms with E-state index in [9.17, 15) is 4.39 Å². The maximum absolute atomic E-state index is 13.9. The molecule has 1 fully saturated rings. The summed E-state index contributed by atoms with van der Waals surface area (Å²) in [4.78, 5) is 2.14. The van der Waals surface area contributed by atoms with E-state index in [4.69, 9.17) is 10.5 Å². The molecule has 0 spiro atoms. The van der Waals surface area contributed by atoms with Gasteiger partial charge in [0.25, 0.3) is 0 Å². The molecule has 1 aliphatic rings. The molecule has 3 nitrogen and oxygen atoms in total. The van der Waals surface area contributed by atoms with Gasteiger partial charge < -0.3 is 15.4 Å². The number of ether oxygens (including phenoxy) is 1. The smallest absolute Gasteiger partial charge is 0.167 e. The summed E-state index contributed by atoms with van der Waals surface area (Å²) in [6, 6.07) is 3.11. The van der Waals surface area contributed by atoms with Crippen LogP contribution in [0.2, 0.25) is 0 Å². The van der Waals surface area contributed by atoms with E-state index in [0.29, 0.717) is 24.0 Å². The van der Waals surface area contributed by atoms with E-state index in [2.05, 4.69) is 4.90 Å². The molecule has 0 bridgehead atoms. The van der Waals surface area contributed by atoms with Gasteiger partial charge in [0.15, 0.2) is 11.6 Å². The maximum Gasteiger partial charge on any atom is 0.167 e. The first-order valence-electron chi connectivity index (χ1n) is 8.04. The van der Waals surface area contributed by atoms with E-state index in [1.165, 1.54) is 38.2 Å². The molecular weight excluding hydrogens is 267 g/mol. The van der Waals surface area contributed by atoms with Crippen LogP contribution in [0.1, 0.15) is 45.4 Å². The summed E-state index contributed by atoms with van der Waals surface area (Å²) in [7, 11) is 2.03. The molecule has 0 heterocycles. The summed E-state index contributed by atoms with van der Waals surface area (Å²) >= 11 is 0. The summed E-state index contributed by atoms with van der Waals surface area (Å²) in [5, 5.41) is 0. The lowest BCUT2D eigenvalue weighted by atomic mass is 9.89. The molecule has 1 aromatic rings. The molecule has 1 saturated carbocycles. The van der Waals surface area contributed by atoms with Crippen molar-refractivity contribution in [2.45, 2.75) is 45.4 Å². The average molecular weight is 294 g/mol. The van der Waals surface area contributed by atoms with E-state index in [1.54, 1.807) is 6.07 Å². The number of halogens is 1. The second-order valence-corrected chi connectivity index (χ2v) is 6.07. The first kappa shape index (κ1) is 15.9. The van der Waals surface area contributed by atoms with E-state index >= 15 is 0 Å². The Morgan fingerprint density at radius 1 is 1.29 bits per heavy atom. The van der Waals surface area contributed by atoms with Crippen LogP contribution in [0, 0.1) is 11.7 Å². The Kier molecular flexibility index (Phi) is 5.71. The van der Waals surface area contributed by atoms with Crippen molar-refractivity contribution in [1.29, 1.82) is 0 Å². The number of hydrogen-bond acceptors (Lipinski definition) is 3. The predicted molar refractivity (Wildman–Crippen MR) is 86.4 cm³/mol. The average Bonchev–Trinajstić information content (AvgIpc) is 2.47. The number of nitrogens with two attached hydrogens (primary N) is 1. The Hall–Kier alpha value is -1.45. The van der Waals surface area contributed by atoms with Gasteiger partial charge in [0.1, 0.15) is 0 Å². The fourth-order valence-corrected chi connectivity index (χ4v) is 3.07. The molecule has 0 radical (unpaired) electrons. The van der Waals surface area contributed by atoms with Crippen LogP contribution in [0.3, 0.4) is 0 Å². The van der Waals surface area contributed by atoms with Crippen molar-refractivity contribution in [3.05, 3.63) is 17.9 Å². The van der Waals surface area contributed by atoms with Gasteiger partial charge in [-0.1, -0.05) is 26.2 Å². The lowest BCUT2D eigenvalue weighted by Crippen LogP contribution is -2.27. The van der Waals surface area contributed by atoms with E-state index in [0.717, 1.165) is 18.7 Å². The van der Waals surface area contributed by atoms with Gasteiger partial charge in [-0.3, -0.25) is 0 Å². The molecule has 1 aliphatic carbocycles. The number of rotatable bonds is 6. The third kappa shape index (κ3) is 4.26. The van der Waals surface area contributed by atoms with Crippen LogP contribution < -0.4 is 15.4 Å². The molecule has 0 aliphatic heterocycles. The molecule has 2 N–H and O–H groups in total. The molecule has 118 valence electrons. The minimum absolute atomic E-state index is 0.302. The van der Waals surface area contributed by atoms with Crippen molar-refractivity contribution < 1.29 is 9.13 Å². The third-order valence-corrected chi connectivity index (χ3v) is 4.21. The van der Waals surface area contributed by atoms with Gasteiger partial charge >= 0.3 is 0 Å². The fourth-order valence-electron chi connectivity index (χ4n) is 3.07. The largest absolute Gasteiger partial charge is 0.490 e. The van der Waals surface area contributed by atoms with Crippen LogP contribution in [0.4, 0.5) is 15.8 Å². The predicted octanol–water partition coefficient (Wildman–Crippen LogP) is 4.21. The Bertz CT molecular complexity index is 458. The quantitative estimate of drug-likeness (QED) is 0.799. The lowest BCUT2D eigenvalue weighted by Gasteiger charge is -2.29. The van der Waals surface area contributed by atoms with Gasteiger partial charge in [0.2, 0.25) is 0 Å².